The first-order valence-electron chi connectivity index (χ1n) is 3.29. The molecule has 0 aliphatic heterocycles. The summed E-state index contributed by atoms with van der Waals surface area (Å²) in [6, 6.07) is 0. The fraction of sp³-hybridized carbons (Fsp3) is 0.833. The Bertz CT molecular complexity index is 103. The normalized spacial score (nSPS) is 11.5. The highest BCUT2D eigenvalue weighted by Crippen LogP contribution is 2.01. The van der Waals surface area contributed by atoms with E-state index in [0.29, 0.717) is 13.0 Å². The maximum atomic E-state index is 10.0. The third-order valence-corrected chi connectivity index (χ3v) is 1.23. The molecule has 0 aliphatic rings. The van der Waals surface area contributed by atoms with Crippen molar-refractivity contribution in [1.82, 2.24) is 0 Å². The van der Waals surface area contributed by atoms with Crippen molar-refractivity contribution in [3.05, 3.63) is 0 Å². The molecule has 0 fully saturated rings. The van der Waals surface area contributed by atoms with Gasteiger partial charge < -0.3 is 17.2 Å². The zero-order chi connectivity index (χ0) is 8.04. The molecule has 1 radical (unpaired) electrons. The van der Waals surface area contributed by atoms with Gasteiger partial charge in [-0.05, 0) is 25.8 Å². The second-order valence-corrected chi connectivity index (χ2v) is 2.39. The van der Waals surface area contributed by atoms with Crippen LogP contribution in [0.2, 0.25) is 0 Å². The van der Waals surface area contributed by atoms with Crippen molar-refractivity contribution in [1.29, 1.82) is 0 Å². The number of hydrogen-bond donors (Lipinski definition) is 3. The Hall–Kier alpha value is -0.450. The Labute approximate surface area is 60.7 Å². The summed E-state index contributed by atoms with van der Waals surface area (Å²) in [7, 11) is 0. The average Bonchev–Trinajstić information content (AvgIpc) is 1.89. The molecule has 0 saturated carbocycles. The summed E-state index contributed by atoms with van der Waals surface area (Å²) in [4.78, 5) is 10.0. The molecule has 10 heavy (non-hydrogen) atoms. The van der Waals surface area contributed by atoms with Crippen molar-refractivity contribution in [3.63, 3.8) is 0 Å². The fourth-order valence-corrected chi connectivity index (χ4v) is 0.613. The molecule has 0 spiro atoms. The molecule has 0 aromatic rings. The molecule has 6 N–H and O–H groups in total. The van der Waals surface area contributed by atoms with Gasteiger partial charge in [-0.25, -0.2) is 0 Å². The number of rotatable bonds is 5. The minimum Gasteiger partial charge on any atom is -0.330 e. The van der Waals surface area contributed by atoms with Gasteiger partial charge in [0.2, 0.25) is 6.29 Å². The number of carbonyl (C=O) groups excluding carboxylic acids is 1. The van der Waals surface area contributed by atoms with Gasteiger partial charge in [0.15, 0.2) is 0 Å². The lowest BCUT2D eigenvalue weighted by molar-refractivity contribution is 0.454. The van der Waals surface area contributed by atoms with Gasteiger partial charge in [-0.15, -0.1) is 0 Å². The van der Waals surface area contributed by atoms with Crippen LogP contribution in [0, 0.1) is 0 Å². The van der Waals surface area contributed by atoms with E-state index in [1.165, 1.54) is 0 Å². The van der Waals surface area contributed by atoms with Crippen LogP contribution in [0.5, 0.6) is 0 Å². The molecular weight excluding hydrogens is 130 g/mol. The molecule has 0 heterocycles. The van der Waals surface area contributed by atoms with E-state index in [4.69, 9.17) is 17.2 Å². The molecule has 59 valence electrons. The number of unbranched alkanes of at least 4 members (excludes halogenated alkanes) is 1. The van der Waals surface area contributed by atoms with E-state index in [9.17, 15) is 4.79 Å². The molecule has 0 saturated heterocycles. The Kier molecular flexibility index (Phi) is 4.18. The first-order chi connectivity index (χ1) is 4.62. The predicted octanol–water partition coefficient (Wildman–Crippen LogP) is -1.16. The summed E-state index contributed by atoms with van der Waals surface area (Å²) in [5, 5.41) is 0. The molecule has 0 aromatic carbocycles. The molecular formula is C6H14N3O. The minimum absolute atomic E-state index is 0.452. The van der Waals surface area contributed by atoms with Crippen LogP contribution < -0.4 is 17.2 Å². The van der Waals surface area contributed by atoms with Crippen LogP contribution in [-0.2, 0) is 4.79 Å². The summed E-state index contributed by atoms with van der Waals surface area (Å²) in [5.41, 5.74) is 14.5. The summed E-state index contributed by atoms with van der Waals surface area (Å²) < 4.78 is 0. The van der Waals surface area contributed by atoms with E-state index in [0.717, 1.165) is 12.8 Å². The minimum atomic E-state index is -1.27. The van der Waals surface area contributed by atoms with Crippen molar-refractivity contribution in [2.24, 2.45) is 17.2 Å². The van der Waals surface area contributed by atoms with Gasteiger partial charge in [0.25, 0.3) is 0 Å². The molecule has 0 atom stereocenters. The van der Waals surface area contributed by atoms with Crippen LogP contribution in [0.15, 0.2) is 0 Å². The van der Waals surface area contributed by atoms with Gasteiger partial charge in [0.1, 0.15) is 5.66 Å². The second kappa shape index (κ2) is 4.38. The second-order valence-electron chi connectivity index (χ2n) is 2.39. The Balaban J connectivity index is 3.37. The van der Waals surface area contributed by atoms with Crippen molar-refractivity contribution in [3.8, 4) is 0 Å². The molecule has 0 bridgehead atoms. The molecule has 4 heteroatoms. The molecule has 0 aromatic heterocycles. The van der Waals surface area contributed by atoms with Crippen molar-refractivity contribution < 1.29 is 4.79 Å². The van der Waals surface area contributed by atoms with Gasteiger partial charge in [0, 0.05) is 0 Å². The zero-order valence-electron chi connectivity index (χ0n) is 5.97. The van der Waals surface area contributed by atoms with Crippen LogP contribution in [0.1, 0.15) is 19.3 Å². The topological polar surface area (TPSA) is 95.1 Å². The Morgan fingerprint density at radius 1 is 1.30 bits per heavy atom. The van der Waals surface area contributed by atoms with Gasteiger partial charge in [-0.3, -0.25) is 4.79 Å². The SMILES string of the molecule is NCCCCC(N)(N)[C]=O. The molecule has 0 rings (SSSR count). The van der Waals surface area contributed by atoms with E-state index < -0.39 is 5.66 Å². The van der Waals surface area contributed by atoms with E-state index in [-0.39, 0.29) is 0 Å². The first-order valence-corrected chi connectivity index (χ1v) is 3.29. The summed E-state index contributed by atoms with van der Waals surface area (Å²) in [5.74, 6) is 0. The number of nitrogens with two attached hydrogens (primary N) is 3. The van der Waals surface area contributed by atoms with Crippen molar-refractivity contribution >= 4 is 6.29 Å². The Morgan fingerprint density at radius 2 is 1.90 bits per heavy atom. The van der Waals surface area contributed by atoms with E-state index in [1.54, 1.807) is 6.29 Å². The third-order valence-electron chi connectivity index (χ3n) is 1.23. The molecule has 0 unspecified atom stereocenters. The van der Waals surface area contributed by atoms with Gasteiger partial charge in [0.05, 0.1) is 0 Å². The van der Waals surface area contributed by atoms with E-state index >= 15 is 0 Å². The summed E-state index contributed by atoms with van der Waals surface area (Å²) in [6.45, 7) is 0.606. The standard InChI is InChI=1S/C6H14N3O/c7-4-2-1-3-6(8,9)5-10/h1-4,7-9H2. The van der Waals surface area contributed by atoms with Crippen LogP contribution in [0.4, 0.5) is 0 Å². The maximum absolute atomic E-state index is 10.0. The zero-order valence-corrected chi connectivity index (χ0v) is 5.97. The highest BCUT2D eigenvalue weighted by Gasteiger charge is 2.17. The van der Waals surface area contributed by atoms with Crippen molar-refractivity contribution in [2.45, 2.75) is 24.9 Å². The van der Waals surface area contributed by atoms with E-state index in [2.05, 4.69) is 0 Å². The first kappa shape index (κ1) is 9.55. The lowest BCUT2D eigenvalue weighted by atomic mass is 10.1. The summed E-state index contributed by atoms with van der Waals surface area (Å²) in [6.07, 6.45) is 3.64. The third kappa shape index (κ3) is 4.43. The highest BCUT2D eigenvalue weighted by atomic mass is 16.1. The monoisotopic (exact) mass is 144 g/mol. The van der Waals surface area contributed by atoms with Crippen LogP contribution in [-0.4, -0.2) is 18.5 Å². The number of hydrogen-bond acceptors (Lipinski definition) is 4. The average molecular weight is 144 g/mol. The van der Waals surface area contributed by atoms with Crippen LogP contribution in [0.3, 0.4) is 0 Å². The van der Waals surface area contributed by atoms with Crippen molar-refractivity contribution in [2.75, 3.05) is 6.54 Å². The van der Waals surface area contributed by atoms with Gasteiger partial charge in [-0.1, -0.05) is 0 Å². The van der Waals surface area contributed by atoms with Crippen LogP contribution >= 0.6 is 0 Å². The largest absolute Gasteiger partial charge is 0.330 e. The summed E-state index contributed by atoms with van der Waals surface area (Å²) >= 11 is 0. The van der Waals surface area contributed by atoms with E-state index in [1.807, 2.05) is 0 Å². The highest BCUT2D eigenvalue weighted by molar-refractivity contribution is 5.63. The predicted molar refractivity (Wildman–Crippen MR) is 39.7 cm³/mol. The lowest BCUT2D eigenvalue weighted by Crippen LogP contribution is -2.50. The maximum Gasteiger partial charge on any atom is 0.235 e. The lowest BCUT2D eigenvalue weighted by Gasteiger charge is -2.14. The molecule has 0 amide bonds. The molecule has 0 aliphatic carbocycles. The van der Waals surface area contributed by atoms with Gasteiger partial charge in [-0.2, -0.15) is 0 Å². The Morgan fingerprint density at radius 3 is 2.30 bits per heavy atom. The molecule has 4 nitrogen and oxygen atoms in total. The fourth-order valence-electron chi connectivity index (χ4n) is 0.613. The smallest absolute Gasteiger partial charge is 0.235 e. The van der Waals surface area contributed by atoms with Crippen LogP contribution in [0.25, 0.3) is 0 Å². The quantitative estimate of drug-likeness (QED) is 0.335. The van der Waals surface area contributed by atoms with Gasteiger partial charge >= 0.3 is 0 Å².